The first-order chi connectivity index (χ1) is 11.9. The molecule has 2 unspecified atom stereocenters. The first-order valence-electron chi connectivity index (χ1n) is 8.46. The van der Waals surface area contributed by atoms with Crippen LogP contribution in [0, 0.1) is 0 Å². The normalized spacial score (nSPS) is 18.4. The number of amides is 2. The molecular formula is C18H25N3O4. The van der Waals surface area contributed by atoms with E-state index in [4.69, 9.17) is 10.5 Å². The van der Waals surface area contributed by atoms with Gasteiger partial charge in [-0.2, -0.15) is 0 Å². The van der Waals surface area contributed by atoms with E-state index >= 15 is 0 Å². The van der Waals surface area contributed by atoms with E-state index in [0.717, 1.165) is 12.8 Å². The molecule has 2 atom stereocenters. The van der Waals surface area contributed by atoms with Gasteiger partial charge in [-0.05, 0) is 44.4 Å². The van der Waals surface area contributed by atoms with Gasteiger partial charge >= 0.3 is 5.97 Å². The molecule has 0 bridgehead atoms. The Bertz CT molecular complexity index is 645. The molecule has 1 fully saturated rings. The van der Waals surface area contributed by atoms with E-state index in [1.165, 1.54) is 7.11 Å². The van der Waals surface area contributed by atoms with Crippen molar-refractivity contribution in [1.29, 1.82) is 0 Å². The Kier molecular flexibility index (Phi) is 6.52. The molecular weight excluding hydrogens is 322 g/mol. The number of methoxy groups -OCH3 is 1. The molecule has 136 valence electrons. The fourth-order valence-corrected chi connectivity index (χ4v) is 2.96. The summed E-state index contributed by atoms with van der Waals surface area (Å²) in [5, 5.41) is 2.74. The average molecular weight is 347 g/mol. The molecule has 1 aliphatic heterocycles. The minimum Gasteiger partial charge on any atom is -0.467 e. The Morgan fingerprint density at radius 3 is 2.80 bits per heavy atom. The van der Waals surface area contributed by atoms with Crippen LogP contribution in [0.15, 0.2) is 24.3 Å². The summed E-state index contributed by atoms with van der Waals surface area (Å²) >= 11 is 0. The highest BCUT2D eigenvalue weighted by Crippen LogP contribution is 2.22. The van der Waals surface area contributed by atoms with Crippen LogP contribution in [-0.4, -0.2) is 48.4 Å². The zero-order chi connectivity index (χ0) is 18.4. The van der Waals surface area contributed by atoms with Gasteiger partial charge in [0.2, 0.25) is 5.91 Å². The Morgan fingerprint density at radius 2 is 2.12 bits per heavy atom. The Hall–Kier alpha value is -2.41. The monoisotopic (exact) mass is 347 g/mol. The van der Waals surface area contributed by atoms with Crippen molar-refractivity contribution >= 4 is 23.5 Å². The predicted molar refractivity (Wildman–Crippen MR) is 94.0 cm³/mol. The lowest BCUT2D eigenvalue weighted by atomic mass is 10.0. The lowest BCUT2D eigenvalue weighted by Crippen LogP contribution is -2.48. The van der Waals surface area contributed by atoms with Crippen LogP contribution in [0.3, 0.4) is 0 Å². The van der Waals surface area contributed by atoms with Crippen molar-refractivity contribution in [1.82, 2.24) is 4.90 Å². The first-order valence-corrected chi connectivity index (χ1v) is 8.46. The number of benzene rings is 1. The summed E-state index contributed by atoms with van der Waals surface area (Å²) in [4.78, 5) is 38.2. The molecule has 1 heterocycles. The smallest absolute Gasteiger partial charge is 0.328 e. The number of nitrogens with zero attached hydrogens (tertiary/aromatic N) is 1. The average Bonchev–Trinajstić information content (AvgIpc) is 2.60. The number of anilines is 1. The van der Waals surface area contributed by atoms with Crippen LogP contribution >= 0.6 is 0 Å². The fourth-order valence-electron chi connectivity index (χ4n) is 2.96. The van der Waals surface area contributed by atoms with Gasteiger partial charge in [-0.3, -0.25) is 9.59 Å². The number of hydrogen-bond donors (Lipinski definition) is 2. The molecule has 0 saturated carbocycles. The van der Waals surface area contributed by atoms with E-state index < -0.39 is 12.0 Å². The number of esters is 1. The SMILES string of the molecule is COC(=O)C1CCCCN1C(=O)c1cccc(NC(=O)CC(C)N)c1. The molecule has 0 aliphatic carbocycles. The molecule has 2 rings (SSSR count). The van der Waals surface area contributed by atoms with Crippen LogP contribution in [0.5, 0.6) is 0 Å². The fraction of sp³-hybridized carbons (Fsp3) is 0.500. The molecule has 0 radical (unpaired) electrons. The van der Waals surface area contributed by atoms with Gasteiger partial charge in [0.1, 0.15) is 6.04 Å². The van der Waals surface area contributed by atoms with Crippen LogP contribution in [0.1, 0.15) is 43.0 Å². The Balaban J connectivity index is 2.14. The van der Waals surface area contributed by atoms with Crippen molar-refractivity contribution < 1.29 is 19.1 Å². The highest BCUT2D eigenvalue weighted by Gasteiger charge is 2.33. The topological polar surface area (TPSA) is 102 Å². The molecule has 3 N–H and O–H groups in total. The number of rotatable bonds is 5. The minimum atomic E-state index is -0.553. The van der Waals surface area contributed by atoms with E-state index in [1.807, 2.05) is 0 Å². The number of nitrogens with one attached hydrogen (secondary N) is 1. The van der Waals surface area contributed by atoms with E-state index in [2.05, 4.69) is 5.32 Å². The van der Waals surface area contributed by atoms with Gasteiger partial charge in [-0.1, -0.05) is 6.07 Å². The van der Waals surface area contributed by atoms with Crippen molar-refractivity contribution in [2.24, 2.45) is 5.73 Å². The lowest BCUT2D eigenvalue weighted by molar-refractivity contribution is -0.147. The van der Waals surface area contributed by atoms with Crippen LogP contribution in [-0.2, 0) is 14.3 Å². The van der Waals surface area contributed by atoms with Gasteiger partial charge in [0, 0.05) is 30.3 Å². The van der Waals surface area contributed by atoms with Crippen molar-refractivity contribution in [3.8, 4) is 0 Å². The number of carbonyl (C=O) groups is 3. The van der Waals surface area contributed by atoms with Crippen LogP contribution in [0.2, 0.25) is 0 Å². The second-order valence-electron chi connectivity index (χ2n) is 6.34. The molecule has 7 heteroatoms. The highest BCUT2D eigenvalue weighted by atomic mass is 16.5. The molecule has 2 amide bonds. The molecule has 1 aliphatic rings. The third-order valence-corrected chi connectivity index (χ3v) is 4.14. The van der Waals surface area contributed by atoms with Crippen LogP contribution < -0.4 is 11.1 Å². The Labute approximate surface area is 147 Å². The molecule has 0 aromatic heterocycles. The Morgan fingerprint density at radius 1 is 1.36 bits per heavy atom. The minimum absolute atomic E-state index is 0.203. The maximum atomic E-state index is 12.8. The number of likely N-dealkylation sites (tertiary alicyclic amines) is 1. The van der Waals surface area contributed by atoms with Crippen LogP contribution in [0.25, 0.3) is 0 Å². The summed E-state index contributed by atoms with van der Waals surface area (Å²) in [5.41, 5.74) is 6.57. The van der Waals surface area contributed by atoms with E-state index in [9.17, 15) is 14.4 Å². The highest BCUT2D eigenvalue weighted by molar-refractivity contribution is 5.99. The molecule has 1 saturated heterocycles. The summed E-state index contributed by atoms with van der Waals surface area (Å²) in [5.74, 6) is -0.835. The van der Waals surface area contributed by atoms with Gasteiger partial charge in [0.05, 0.1) is 7.11 Å². The molecule has 1 aromatic rings. The molecule has 7 nitrogen and oxygen atoms in total. The number of ether oxygens (including phenoxy) is 1. The van der Waals surface area contributed by atoms with Gasteiger partial charge in [-0.15, -0.1) is 0 Å². The number of piperidine rings is 1. The quantitative estimate of drug-likeness (QED) is 0.787. The van der Waals surface area contributed by atoms with Gasteiger partial charge < -0.3 is 20.7 Å². The van der Waals surface area contributed by atoms with Gasteiger partial charge in [-0.25, -0.2) is 4.79 Å². The third-order valence-electron chi connectivity index (χ3n) is 4.14. The summed E-state index contributed by atoms with van der Waals surface area (Å²) in [6.07, 6.45) is 2.54. The van der Waals surface area contributed by atoms with E-state index in [1.54, 1.807) is 36.1 Å². The second kappa shape index (κ2) is 8.62. The van der Waals surface area contributed by atoms with Crippen molar-refractivity contribution in [3.63, 3.8) is 0 Å². The zero-order valence-corrected chi connectivity index (χ0v) is 14.7. The second-order valence-corrected chi connectivity index (χ2v) is 6.34. The van der Waals surface area contributed by atoms with Crippen molar-refractivity contribution in [3.05, 3.63) is 29.8 Å². The number of hydrogen-bond acceptors (Lipinski definition) is 5. The number of nitrogens with two attached hydrogens (primary N) is 1. The van der Waals surface area contributed by atoms with Gasteiger partial charge in [0.25, 0.3) is 5.91 Å². The maximum absolute atomic E-state index is 12.8. The number of carbonyl (C=O) groups excluding carboxylic acids is 3. The summed E-state index contributed by atoms with van der Waals surface area (Å²) < 4.78 is 4.82. The first kappa shape index (κ1) is 18.9. The third kappa shape index (κ3) is 5.03. The summed E-state index contributed by atoms with van der Waals surface area (Å²) in [7, 11) is 1.33. The lowest BCUT2D eigenvalue weighted by Gasteiger charge is -2.33. The van der Waals surface area contributed by atoms with E-state index in [-0.39, 0.29) is 24.3 Å². The van der Waals surface area contributed by atoms with E-state index in [0.29, 0.717) is 24.2 Å². The van der Waals surface area contributed by atoms with Crippen molar-refractivity contribution in [2.45, 2.75) is 44.7 Å². The molecule has 1 aromatic carbocycles. The summed E-state index contributed by atoms with van der Waals surface area (Å²) in [6.45, 7) is 2.27. The molecule has 25 heavy (non-hydrogen) atoms. The molecule has 0 spiro atoms. The predicted octanol–water partition coefficient (Wildman–Crippen LogP) is 1.53. The zero-order valence-electron chi connectivity index (χ0n) is 14.7. The van der Waals surface area contributed by atoms with Crippen molar-refractivity contribution in [2.75, 3.05) is 19.0 Å². The van der Waals surface area contributed by atoms with Gasteiger partial charge in [0.15, 0.2) is 0 Å². The maximum Gasteiger partial charge on any atom is 0.328 e. The summed E-state index contributed by atoms with van der Waals surface area (Å²) in [6, 6.07) is 5.91. The largest absolute Gasteiger partial charge is 0.467 e. The standard InChI is InChI=1S/C18H25N3O4/c1-12(19)10-16(22)20-14-7-5-6-13(11-14)17(23)21-9-4-3-8-15(21)18(24)25-2/h5-7,11-12,15H,3-4,8-10,19H2,1-2H3,(H,20,22). The van der Waals surface area contributed by atoms with Crippen LogP contribution in [0.4, 0.5) is 5.69 Å².